The quantitative estimate of drug-likeness (QED) is 0.872. The molecule has 1 aromatic carbocycles. The molecular weight excluding hydrogens is 262 g/mol. The maximum absolute atomic E-state index is 12.4. The number of carbonyl (C=O) groups excluding carboxylic acids is 1. The minimum atomic E-state index is -1.19. The average molecular weight is 277 g/mol. The average Bonchev–Trinajstić information content (AvgIpc) is 2.81. The van der Waals surface area contributed by atoms with E-state index in [0.29, 0.717) is 24.9 Å². The first kappa shape index (κ1) is 14.0. The smallest absolute Gasteiger partial charge is 0.335 e. The van der Waals surface area contributed by atoms with Gasteiger partial charge in [0.05, 0.1) is 5.56 Å². The summed E-state index contributed by atoms with van der Waals surface area (Å²) in [7, 11) is 0. The third-order valence-corrected chi connectivity index (χ3v) is 3.73. The number of carbonyl (C=O) groups is 3. The SMILES string of the molecule is C[C@]1(C(=O)O)CCCN1C(=O)c1ccc(C(=O)O)cc1. The van der Waals surface area contributed by atoms with Crippen LogP contribution in [-0.4, -0.2) is 45.0 Å². The Morgan fingerprint density at radius 1 is 1.10 bits per heavy atom. The van der Waals surface area contributed by atoms with Crippen molar-refractivity contribution in [1.82, 2.24) is 4.90 Å². The molecule has 1 aromatic rings. The van der Waals surface area contributed by atoms with Gasteiger partial charge in [0.15, 0.2) is 0 Å². The Kier molecular flexibility index (Phi) is 3.48. The van der Waals surface area contributed by atoms with E-state index in [0.717, 1.165) is 0 Å². The molecule has 0 aromatic heterocycles. The number of aromatic carboxylic acids is 1. The van der Waals surface area contributed by atoms with Crippen LogP contribution in [0.25, 0.3) is 0 Å². The van der Waals surface area contributed by atoms with E-state index in [9.17, 15) is 19.5 Å². The zero-order valence-electron chi connectivity index (χ0n) is 11.0. The molecule has 0 aliphatic carbocycles. The number of hydrogen-bond acceptors (Lipinski definition) is 3. The Morgan fingerprint density at radius 3 is 2.15 bits per heavy atom. The monoisotopic (exact) mass is 277 g/mol. The van der Waals surface area contributed by atoms with Gasteiger partial charge in [-0.1, -0.05) is 0 Å². The number of carboxylic acids is 2. The van der Waals surface area contributed by atoms with Crippen molar-refractivity contribution in [2.24, 2.45) is 0 Å². The van der Waals surface area contributed by atoms with Gasteiger partial charge in [-0.05, 0) is 44.0 Å². The summed E-state index contributed by atoms with van der Waals surface area (Å²) in [5.74, 6) is -2.48. The highest BCUT2D eigenvalue weighted by Crippen LogP contribution is 2.30. The van der Waals surface area contributed by atoms with E-state index < -0.39 is 17.5 Å². The Bertz CT molecular complexity index is 565. The lowest BCUT2D eigenvalue weighted by Gasteiger charge is -2.31. The minimum Gasteiger partial charge on any atom is -0.480 e. The molecule has 2 N–H and O–H groups in total. The molecule has 6 nitrogen and oxygen atoms in total. The zero-order valence-corrected chi connectivity index (χ0v) is 11.0. The third kappa shape index (κ3) is 2.24. The van der Waals surface area contributed by atoms with Crippen molar-refractivity contribution in [2.75, 3.05) is 6.54 Å². The van der Waals surface area contributed by atoms with Gasteiger partial charge >= 0.3 is 11.9 Å². The highest BCUT2D eigenvalue weighted by molar-refractivity contribution is 5.99. The van der Waals surface area contributed by atoms with Crippen molar-refractivity contribution in [3.8, 4) is 0 Å². The summed E-state index contributed by atoms with van der Waals surface area (Å²) in [5.41, 5.74) is -0.809. The van der Waals surface area contributed by atoms with Gasteiger partial charge in [0.25, 0.3) is 5.91 Å². The molecule has 1 atom stereocenters. The van der Waals surface area contributed by atoms with E-state index in [1.54, 1.807) is 0 Å². The van der Waals surface area contributed by atoms with Gasteiger partial charge in [-0.2, -0.15) is 0 Å². The number of amides is 1. The van der Waals surface area contributed by atoms with Crippen molar-refractivity contribution >= 4 is 17.8 Å². The summed E-state index contributed by atoms with van der Waals surface area (Å²) in [5, 5.41) is 18.1. The number of nitrogens with zero attached hydrogens (tertiary/aromatic N) is 1. The topological polar surface area (TPSA) is 94.9 Å². The minimum absolute atomic E-state index is 0.0870. The second kappa shape index (κ2) is 4.96. The van der Waals surface area contributed by atoms with Crippen LogP contribution in [0.3, 0.4) is 0 Å². The fraction of sp³-hybridized carbons (Fsp3) is 0.357. The van der Waals surface area contributed by atoms with Gasteiger partial charge in [-0.25, -0.2) is 9.59 Å². The molecule has 0 saturated carbocycles. The van der Waals surface area contributed by atoms with Crippen LogP contribution in [0.5, 0.6) is 0 Å². The van der Waals surface area contributed by atoms with Crippen molar-refractivity contribution in [1.29, 1.82) is 0 Å². The summed E-state index contributed by atoms with van der Waals surface area (Å²) >= 11 is 0. The van der Waals surface area contributed by atoms with Crippen molar-refractivity contribution < 1.29 is 24.6 Å². The van der Waals surface area contributed by atoms with Crippen LogP contribution in [0, 0.1) is 0 Å². The van der Waals surface area contributed by atoms with Crippen LogP contribution in [0.2, 0.25) is 0 Å². The van der Waals surface area contributed by atoms with E-state index in [1.807, 2.05) is 0 Å². The van der Waals surface area contributed by atoms with Crippen molar-refractivity contribution in [2.45, 2.75) is 25.3 Å². The summed E-state index contributed by atoms with van der Waals surface area (Å²) in [6, 6.07) is 5.49. The zero-order chi connectivity index (χ0) is 14.9. The Morgan fingerprint density at radius 2 is 1.65 bits per heavy atom. The maximum Gasteiger partial charge on any atom is 0.335 e. The largest absolute Gasteiger partial charge is 0.480 e. The summed E-state index contributed by atoms with van der Waals surface area (Å²) in [6.45, 7) is 1.92. The molecule has 6 heteroatoms. The van der Waals surface area contributed by atoms with Gasteiger partial charge in [-0.3, -0.25) is 4.79 Å². The van der Waals surface area contributed by atoms with Crippen LogP contribution in [-0.2, 0) is 4.79 Å². The van der Waals surface area contributed by atoms with E-state index >= 15 is 0 Å². The van der Waals surface area contributed by atoms with Crippen LogP contribution >= 0.6 is 0 Å². The van der Waals surface area contributed by atoms with Gasteiger partial charge in [0, 0.05) is 12.1 Å². The standard InChI is InChI=1S/C14H15NO5/c1-14(13(19)20)7-2-8-15(14)11(16)9-3-5-10(6-4-9)12(17)18/h3-6H,2,7-8H2,1H3,(H,17,18)(H,19,20)/t14-/m1/s1. The van der Waals surface area contributed by atoms with E-state index in [4.69, 9.17) is 5.11 Å². The van der Waals surface area contributed by atoms with Gasteiger partial charge < -0.3 is 15.1 Å². The molecule has 2 rings (SSSR count). The lowest BCUT2D eigenvalue weighted by molar-refractivity contribution is -0.147. The molecule has 0 spiro atoms. The molecule has 106 valence electrons. The van der Waals surface area contributed by atoms with E-state index in [-0.39, 0.29) is 11.5 Å². The first-order valence-corrected chi connectivity index (χ1v) is 6.25. The molecule has 1 saturated heterocycles. The summed E-state index contributed by atoms with van der Waals surface area (Å²) in [4.78, 5) is 35.8. The molecule has 1 heterocycles. The number of aliphatic carboxylic acids is 1. The lowest BCUT2D eigenvalue weighted by Crippen LogP contribution is -2.50. The second-order valence-electron chi connectivity index (χ2n) is 5.02. The number of benzene rings is 1. The lowest BCUT2D eigenvalue weighted by atomic mass is 9.98. The summed E-state index contributed by atoms with van der Waals surface area (Å²) < 4.78 is 0. The van der Waals surface area contributed by atoms with Gasteiger partial charge in [0.2, 0.25) is 0 Å². The van der Waals surface area contributed by atoms with Gasteiger partial charge in [-0.15, -0.1) is 0 Å². The molecule has 1 amide bonds. The van der Waals surface area contributed by atoms with Crippen LogP contribution in [0.4, 0.5) is 0 Å². The number of likely N-dealkylation sites (tertiary alicyclic amines) is 1. The first-order valence-electron chi connectivity index (χ1n) is 6.25. The van der Waals surface area contributed by atoms with E-state index in [1.165, 1.54) is 36.1 Å². The molecule has 1 aliphatic rings. The molecule has 0 bridgehead atoms. The maximum atomic E-state index is 12.4. The molecule has 0 radical (unpaired) electrons. The molecule has 1 aliphatic heterocycles. The molecule has 0 unspecified atom stereocenters. The molecular formula is C14H15NO5. The van der Waals surface area contributed by atoms with Crippen LogP contribution in [0.1, 0.15) is 40.5 Å². The molecule has 20 heavy (non-hydrogen) atoms. The Hall–Kier alpha value is -2.37. The van der Waals surface area contributed by atoms with Gasteiger partial charge in [0.1, 0.15) is 5.54 Å². The van der Waals surface area contributed by atoms with Crippen molar-refractivity contribution in [3.05, 3.63) is 35.4 Å². The van der Waals surface area contributed by atoms with Crippen molar-refractivity contribution in [3.63, 3.8) is 0 Å². The Balaban J connectivity index is 2.27. The predicted octanol–water partition coefficient (Wildman–Crippen LogP) is 1.46. The molecule has 1 fully saturated rings. The first-order chi connectivity index (χ1) is 9.36. The predicted molar refractivity (Wildman–Crippen MR) is 69.7 cm³/mol. The normalized spacial score (nSPS) is 21.8. The fourth-order valence-corrected chi connectivity index (χ4v) is 2.42. The van der Waals surface area contributed by atoms with E-state index in [2.05, 4.69) is 0 Å². The second-order valence-corrected chi connectivity index (χ2v) is 5.02. The fourth-order valence-electron chi connectivity index (χ4n) is 2.42. The van der Waals surface area contributed by atoms with Crippen LogP contribution in [0.15, 0.2) is 24.3 Å². The van der Waals surface area contributed by atoms with Crippen LogP contribution < -0.4 is 0 Å². The summed E-state index contributed by atoms with van der Waals surface area (Å²) in [6.07, 6.45) is 1.06. The highest BCUT2D eigenvalue weighted by Gasteiger charge is 2.46. The number of carboxylic acid groups (broad SMARTS) is 2. The number of hydrogen-bond donors (Lipinski definition) is 2. The Labute approximate surface area is 115 Å². The third-order valence-electron chi connectivity index (χ3n) is 3.73. The number of rotatable bonds is 3. The highest BCUT2D eigenvalue weighted by atomic mass is 16.4.